The molecule has 28 heavy (non-hydrogen) atoms. The number of aromatic nitrogens is 1. The smallest absolute Gasteiger partial charge is 0.123 e. The topological polar surface area (TPSA) is 28.6 Å². The predicted molar refractivity (Wildman–Crippen MR) is 116 cm³/mol. The number of benzene rings is 1. The molecule has 2 aromatic rings. The van der Waals surface area contributed by atoms with Gasteiger partial charge in [-0.2, -0.15) is 0 Å². The van der Waals surface area contributed by atoms with Gasteiger partial charge in [0.25, 0.3) is 0 Å². The Labute approximate surface area is 170 Å². The summed E-state index contributed by atoms with van der Waals surface area (Å²) < 4.78 is 5.89. The molecule has 0 N–H and O–H groups in total. The lowest BCUT2D eigenvalue weighted by Crippen LogP contribution is -2.30. The third-order valence-corrected chi connectivity index (χ3v) is 5.62. The second kappa shape index (κ2) is 10.0. The van der Waals surface area contributed by atoms with Crippen molar-refractivity contribution in [1.29, 1.82) is 0 Å². The van der Waals surface area contributed by atoms with Crippen LogP contribution in [-0.2, 0) is 13.1 Å². The van der Waals surface area contributed by atoms with E-state index in [0.29, 0.717) is 5.92 Å². The first-order valence-electron chi connectivity index (χ1n) is 10.7. The van der Waals surface area contributed by atoms with E-state index in [0.717, 1.165) is 45.1 Å². The number of hydrogen-bond acceptors (Lipinski definition) is 4. The first kappa shape index (κ1) is 20.8. The molecule has 1 aliphatic rings. The molecular formula is C24H35N3O. The maximum atomic E-state index is 5.89. The Bertz CT molecular complexity index is 745. The molecule has 0 unspecified atom stereocenters. The highest BCUT2D eigenvalue weighted by Gasteiger charge is 2.18. The average Bonchev–Trinajstić information content (AvgIpc) is 2.90. The Hall–Kier alpha value is -1.91. The molecule has 0 amide bonds. The van der Waals surface area contributed by atoms with Crippen molar-refractivity contribution < 1.29 is 4.74 Å². The van der Waals surface area contributed by atoms with Gasteiger partial charge in [-0.25, -0.2) is 0 Å². The Balaban J connectivity index is 1.64. The Morgan fingerprint density at radius 3 is 2.32 bits per heavy atom. The van der Waals surface area contributed by atoms with Crippen molar-refractivity contribution in [2.24, 2.45) is 0 Å². The first-order valence-corrected chi connectivity index (χ1v) is 10.7. The van der Waals surface area contributed by atoms with Crippen molar-refractivity contribution in [3.05, 3.63) is 58.9 Å². The highest BCUT2D eigenvalue weighted by molar-refractivity contribution is 5.44. The van der Waals surface area contributed by atoms with Crippen LogP contribution in [0.5, 0.6) is 5.75 Å². The van der Waals surface area contributed by atoms with Crippen molar-refractivity contribution in [3.63, 3.8) is 0 Å². The van der Waals surface area contributed by atoms with Gasteiger partial charge in [0.1, 0.15) is 5.75 Å². The largest absolute Gasteiger partial charge is 0.494 e. The van der Waals surface area contributed by atoms with Gasteiger partial charge >= 0.3 is 0 Å². The van der Waals surface area contributed by atoms with Gasteiger partial charge in [-0.05, 0) is 79.7 Å². The maximum absolute atomic E-state index is 5.89. The molecule has 1 aliphatic heterocycles. The van der Waals surface area contributed by atoms with Gasteiger partial charge in [-0.3, -0.25) is 14.8 Å². The molecule has 0 spiro atoms. The fourth-order valence-corrected chi connectivity index (χ4v) is 3.98. The lowest BCUT2D eigenvalue weighted by atomic mass is 9.96. The van der Waals surface area contributed by atoms with E-state index in [1.54, 1.807) is 0 Å². The lowest BCUT2D eigenvalue weighted by molar-refractivity contribution is 0.246. The Morgan fingerprint density at radius 1 is 1.00 bits per heavy atom. The van der Waals surface area contributed by atoms with Crippen LogP contribution >= 0.6 is 0 Å². The standard InChI is InChI=1S/C24H35N3O/c1-5-28-24-15-20(4)22(16-23(24)19(2)3)18-27-12-6-11-26(13-14-27)17-21-7-9-25-10-8-21/h7-10,15-16,19H,5-6,11-14,17-18H2,1-4H3. The number of ether oxygens (including phenoxy) is 1. The van der Waals surface area contributed by atoms with E-state index in [4.69, 9.17) is 4.74 Å². The van der Waals surface area contributed by atoms with Gasteiger partial charge in [0.05, 0.1) is 6.61 Å². The molecule has 152 valence electrons. The first-order chi connectivity index (χ1) is 13.6. The third kappa shape index (κ3) is 5.55. The van der Waals surface area contributed by atoms with Crippen molar-refractivity contribution in [3.8, 4) is 5.75 Å². The normalized spacial score (nSPS) is 16.3. The predicted octanol–water partition coefficient (Wildman–Crippen LogP) is 4.62. The van der Waals surface area contributed by atoms with Crippen LogP contribution < -0.4 is 4.74 Å². The van der Waals surface area contributed by atoms with E-state index >= 15 is 0 Å². The number of rotatable bonds is 7. The van der Waals surface area contributed by atoms with Crippen LogP contribution in [0.4, 0.5) is 0 Å². The van der Waals surface area contributed by atoms with Gasteiger partial charge < -0.3 is 4.74 Å². The minimum Gasteiger partial charge on any atom is -0.494 e. The van der Waals surface area contributed by atoms with E-state index in [-0.39, 0.29) is 0 Å². The summed E-state index contributed by atoms with van der Waals surface area (Å²) in [6, 6.07) is 8.87. The van der Waals surface area contributed by atoms with E-state index in [9.17, 15) is 0 Å². The summed E-state index contributed by atoms with van der Waals surface area (Å²) >= 11 is 0. The molecule has 0 aliphatic carbocycles. The molecule has 4 heteroatoms. The quantitative estimate of drug-likeness (QED) is 0.700. The summed E-state index contributed by atoms with van der Waals surface area (Å²) in [7, 11) is 0. The fraction of sp³-hybridized carbons (Fsp3) is 0.542. The Morgan fingerprint density at radius 2 is 1.68 bits per heavy atom. The summed E-state index contributed by atoms with van der Waals surface area (Å²) in [5.74, 6) is 1.53. The number of aryl methyl sites for hydroxylation is 1. The molecular weight excluding hydrogens is 346 g/mol. The van der Waals surface area contributed by atoms with Crippen LogP contribution in [0.2, 0.25) is 0 Å². The molecule has 4 nitrogen and oxygen atoms in total. The van der Waals surface area contributed by atoms with Crippen LogP contribution in [0.15, 0.2) is 36.7 Å². The van der Waals surface area contributed by atoms with E-state index in [1.807, 2.05) is 12.4 Å². The second-order valence-electron chi connectivity index (χ2n) is 8.17. The molecule has 0 bridgehead atoms. The third-order valence-electron chi connectivity index (χ3n) is 5.62. The van der Waals surface area contributed by atoms with Gasteiger partial charge in [0.2, 0.25) is 0 Å². The highest BCUT2D eigenvalue weighted by Crippen LogP contribution is 2.30. The van der Waals surface area contributed by atoms with Crippen LogP contribution in [0, 0.1) is 6.92 Å². The summed E-state index contributed by atoms with van der Waals surface area (Å²) in [5, 5.41) is 0. The summed E-state index contributed by atoms with van der Waals surface area (Å²) in [6.45, 7) is 16.1. The number of pyridine rings is 1. The summed E-state index contributed by atoms with van der Waals surface area (Å²) in [6.07, 6.45) is 5.00. The molecule has 1 saturated heterocycles. The van der Waals surface area contributed by atoms with Crippen molar-refractivity contribution in [1.82, 2.24) is 14.8 Å². The van der Waals surface area contributed by atoms with Crippen molar-refractivity contribution in [2.75, 3.05) is 32.8 Å². The van der Waals surface area contributed by atoms with Crippen LogP contribution in [0.3, 0.4) is 0 Å². The van der Waals surface area contributed by atoms with Crippen LogP contribution in [0.25, 0.3) is 0 Å². The highest BCUT2D eigenvalue weighted by atomic mass is 16.5. The molecule has 3 rings (SSSR count). The average molecular weight is 382 g/mol. The maximum Gasteiger partial charge on any atom is 0.123 e. The molecule has 0 atom stereocenters. The van der Waals surface area contributed by atoms with Crippen LogP contribution in [0.1, 0.15) is 55.4 Å². The summed E-state index contributed by atoms with van der Waals surface area (Å²) in [4.78, 5) is 9.31. The zero-order chi connectivity index (χ0) is 19.9. The van der Waals surface area contributed by atoms with Crippen molar-refractivity contribution in [2.45, 2.75) is 53.1 Å². The number of hydrogen-bond donors (Lipinski definition) is 0. The van der Waals surface area contributed by atoms with Crippen molar-refractivity contribution >= 4 is 0 Å². The van der Waals surface area contributed by atoms with Gasteiger partial charge in [-0.15, -0.1) is 0 Å². The molecule has 1 aromatic carbocycles. The van der Waals surface area contributed by atoms with Gasteiger partial charge in [0.15, 0.2) is 0 Å². The molecule has 2 heterocycles. The summed E-state index contributed by atoms with van der Waals surface area (Å²) in [5.41, 5.74) is 5.46. The zero-order valence-electron chi connectivity index (χ0n) is 17.9. The minimum atomic E-state index is 0.473. The SMILES string of the molecule is CCOc1cc(C)c(CN2CCCN(Cc3ccncc3)CC2)cc1C(C)C. The number of nitrogens with zero attached hydrogens (tertiary/aromatic N) is 3. The Kier molecular flexibility index (Phi) is 7.46. The molecule has 1 aromatic heterocycles. The lowest BCUT2D eigenvalue weighted by Gasteiger charge is -2.24. The second-order valence-corrected chi connectivity index (χ2v) is 8.17. The van der Waals surface area contributed by atoms with E-state index < -0.39 is 0 Å². The fourth-order valence-electron chi connectivity index (χ4n) is 3.98. The molecule has 0 radical (unpaired) electrons. The molecule has 1 fully saturated rings. The zero-order valence-corrected chi connectivity index (χ0v) is 17.9. The minimum absolute atomic E-state index is 0.473. The van der Waals surface area contributed by atoms with E-state index in [2.05, 4.69) is 66.7 Å². The monoisotopic (exact) mass is 381 g/mol. The van der Waals surface area contributed by atoms with Gasteiger partial charge in [0, 0.05) is 38.6 Å². The van der Waals surface area contributed by atoms with Crippen LogP contribution in [-0.4, -0.2) is 47.6 Å². The van der Waals surface area contributed by atoms with E-state index in [1.165, 1.54) is 35.2 Å². The van der Waals surface area contributed by atoms with Gasteiger partial charge in [-0.1, -0.05) is 19.9 Å². The molecule has 0 saturated carbocycles.